The number of rotatable bonds is 7. The topological polar surface area (TPSA) is 96.9 Å². The fraction of sp³-hybridized carbons (Fsp3) is 0.280. The van der Waals surface area contributed by atoms with Crippen molar-refractivity contribution in [1.29, 1.82) is 0 Å². The van der Waals surface area contributed by atoms with Crippen LogP contribution in [0.4, 0.5) is 23.8 Å². The third-order valence-electron chi connectivity index (χ3n) is 5.63. The molecule has 0 spiro atoms. The average molecular weight is 550 g/mol. The van der Waals surface area contributed by atoms with Gasteiger partial charge >= 0.3 is 12.3 Å². The number of hydrogen-bond donors (Lipinski definition) is 1. The zero-order valence-corrected chi connectivity index (χ0v) is 20.7. The van der Waals surface area contributed by atoms with Crippen molar-refractivity contribution in [2.45, 2.75) is 6.18 Å². The molecule has 0 aliphatic carbocycles. The molecule has 9 nitrogen and oxygen atoms in total. The number of ether oxygens (including phenoxy) is 2. The second-order valence-corrected chi connectivity index (χ2v) is 8.61. The lowest BCUT2D eigenvalue weighted by Crippen LogP contribution is -2.49. The van der Waals surface area contributed by atoms with Gasteiger partial charge in [-0.2, -0.15) is 13.2 Å². The molecule has 0 atom stereocenters. The van der Waals surface area contributed by atoms with Crippen molar-refractivity contribution in [2.75, 3.05) is 44.2 Å². The van der Waals surface area contributed by atoms with E-state index in [2.05, 4.69) is 15.5 Å². The van der Waals surface area contributed by atoms with Crippen molar-refractivity contribution in [3.8, 4) is 11.6 Å². The van der Waals surface area contributed by atoms with Crippen LogP contribution in [0.2, 0.25) is 5.02 Å². The summed E-state index contributed by atoms with van der Waals surface area (Å²) in [6.45, 7) is 1.55. The third-order valence-corrected chi connectivity index (χ3v) is 5.88. The van der Waals surface area contributed by atoms with Crippen LogP contribution in [0.15, 0.2) is 60.7 Å². The summed E-state index contributed by atoms with van der Waals surface area (Å²) in [5.41, 5.74) is -1.32. The first-order valence-corrected chi connectivity index (χ1v) is 12.0. The SMILES string of the molecule is O=C(NCCOc1ccc(Cl)cc1)Oc1ccc(N2CCN(C(=O)c3ccccc3C(F)(F)F)CC2)nn1. The normalized spacial score (nSPS) is 13.7. The Bertz CT molecular complexity index is 1250. The number of amides is 2. The summed E-state index contributed by atoms with van der Waals surface area (Å²) in [5, 5.41) is 11.1. The molecule has 1 fully saturated rings. The molecule has 3 aromatic rings. The summed E-state index contributed by atoms with van der Waals surface area (Å²) in [7, 11) is 0. The number of benzene rings is 2. The summed E-state index contributed by atoms with van der Waals surface area (Å²) < 4.78 is 50.4. The van der Waals surface area contributed by atoms with Crippen LogP contribution < -0.4 is 19.7 Å². The minimum atomic E-state index is -4.62. The molecule has 1 aliphatic rings. The molecule has 1 aliphatic heterocycles. The number of anilines is 1. The van der Waals surface area contributed by atoms with Gasteiger partial charge in [-0.15, -0.1) is 10.2 Å². The first-order chi connectivity index (χ1) is 18.2. The first-order valence-electron chi connectivity index (χ1n) is 11.6. The molecular weight excluding hydrogens is 527 g/mol. The number of carbonyl (C=O) groups is 2. The van der Waals surface area contributed by atoms with Gasteiger partial charge in [-0.25, -0.2) is 4.79 Å². The minimum Gasteiger partial charge on any atom is -0.492 e. The van der Waals surface area contributed by atoms with E-state index in [0.717, 1.165) is 6.07 Å². The molecule has 38 heavy (non-hydrogen) atoms. The molecule has 2 amide bonds. The summed E-state index contributed by atoms with van der Waals surface area (Å²) in [4.78, 5) is 27.9. The van der Waals surface area contributed by atoms with E-state index in [0.29, 0.717) is 29.7 Å². The second-order valence-electron chi connectivity index (χ2n) is 8.17. The van der Waals surface area contributed by atoms with Crippen molar-refractivity contribution in [2.24, 2.45) is 0 Å². The Balaban J connectivity index is 1.22. The van der Waals surface area contributed by atoms with Crippen LogP contribution in [0.3, 0.4) is 0 Å². The summed E-state index contributed by atoms with van der Waals surface area (Å²) >= 11 is 5.81. The Hall–Kier alpha value is -4.06. The summed E-state index contributed by atoms with van der Waals surface area (Å²) in [5.74, 6) is 0.415. The van der Waals surface area contributed by atoms with E-state index in [9.17, 15) is 22.8 Å². The lowest BCUT2D eigenvalue weighted by Gasteiger charge is -2.35. The molecule has 1 aromatic heterocycles. The number of aromatic nitrogens is 2. The maximum Gasteiger partial charge on any atom is 0.417 e. The minimum absolute atomic E-state index is 0.0116. The highest BCUT2D eigenvalue weighted by atomic mass is 35.5. The van der Waals surface area contributed by atoms with Crippen LogP contribution in [0.25, 0.3) is 0 Å². The van der Waals surface area contributed by atoms with Gasteiger partial charge in [0, 0.05) is 37.3 Å². The summed E-state index contributed by atoms with van der Waals surface area (Å²) in [6, 6.07) is 14.6. The van der Waals surface area contributed by atoms with Crippen molar-refractivity contribution < 1.29 is 32.2 Å². The highest BCUT2D eigenvalue weighted by Gasteiger charge is 2.36. The van der Waals surface area contributed by atoms with E-state index >= 15 is 0 Å². The van der Waals surface area contributed by atoms with E-state index in [4.69, 9.17) is 21.1 Å². The fourth-order valence-electron chi connectivity index (χ4n) is 3.75. The Labute approximate surface area is 221 Å². The van der Waals surface area contributed by atoms with E-state index in [1.807, 2.05) is 4.90 Å². The number of alkyl halides is 3. The highest BCUT2D eigenvalue weighted by Crippen LogP contribution is 2.32. The Morgan fingerprint density at radius 3 is 2.32 bits per heavy atom. The van der Waals surface area contributed by atoms with E-state index in [1.54, 1.807) is 30.3 Å². The maximum absolute atomic E-state index is 13.3. The van der Waals surface area contributed by atoms with E-state index in [-0.39, 0.29) is 37.7 Å². The fourth-order valence-corrected chi connectivity index (χ4v) is 3.87. The van der Waals surface area contributed by atoms with Crippen LogP contribution in [0.1, 0.15) is 15.9 Å². The number of carbonyl (C=O) groups excluding carboxylic acids is 2. The molecule has 0 radical (unpaired) electrons. The second kappa shape index (κ2) is 12.0. The molecule has 1 N–H and O–H groups in total. The monoisotopic (exact) mass is 549 g/mol. The lowest BCUT2D eigenvalue weighted by molar-refractivity contribution is -0.138. The van der Waals surface area contributed by atoms with Crippen molar-refractivity contribution >= 4 is 29.4 Å². The molecule has 2 heterocycles. The van der Waals surface area contributed by atoms with Crippen molar-refractivity contribution in [1.82, 2.24) is 20.4 Å². The molecule has 0 unspecified atom stereocenters. The van der Waals surface area contributed by atoms with Crippen LogP contribution >= 0.6 is 11.6 Å². The number of nitrogens with one attached hydrogen (secondary N) is 1. The Morgan fingerprint density at radius 2 is 1.66 bits per heavy atom. The number of piperazine rings is 1. The average Bonchev–Trinajstić information content (AvgIpc) is 2.92. The van der Waals surface area contributed by atoms with Gasteiger partial charge in [-0.3, -0.25) is 4.79 Å². The Morgan fingerprint density at radius 1 is 0.947 bits per heavy atom. The molecule has 2 aromatic carbocycles. The number of hydrogen-bond acceptors (Lipinski definition) is 7. The molecule has 0 saturated carbocycles. The largest absolute Gasteiger partial charge is 0.492 e. The van der Waals surface area contributed by atoms with Crippen LogP contribution in [-0.4, -0.2) is 66.4 Å². The van der Waals surface area contributed by atoms with Crippen LogP contribution in [-0.2, 0) is 6.18 Å². The highest BCUT2D eigenvalue weighted by molar-refractivity contribution is 6.30. The van der Waals surface area contributed by atoms with E-state index < -0.39 is 23.7 Å². The molecular formula is C25H23ClF3N5O4. The van der Waals surface area contributed by atoms with Gasteiger partial charge in [-0.05, 0) is 42.5 Å². The molecule has 200 valence electrons. The quantitative estimate of drug-likeness (QED) is 0.439. The van der Waals surface area contributed by atoms with Gasteiger partial charge in [0.25, 0.3) is 5.91 Å². The van der Waals surface area contributed by atoms with Gasteiger partial charge in [-0.1, -0.05) is 23.7 Å². The molecule has 0 bridgehead atoms. The smallest absolute Gasteiger partial charge is 0.417 e. The zero-order valence-electron chi connectivity index (χ0n) is 19.9. The maximum atomic E-state index is 13.3. The zero-order chi connectivity index (χ0) is 27.1. The van der Waals surface area contributed by atoms with Gasteiger partial charge in [0.1, 0.15) is 12.4 Å². The Kier molecular flexibility index (Phi) is 8.52. The van der Waals surface area contributed by atoms with Gasteiger partial charge in [0.2, 0.25) is 5.88 Å². The number of nitrogens with zero attached hydrogens (tertiary/aromatic N) is 4. The van der Waals surface area contributed by atoms with E-state index in [1.165, 1.54) is 29.2 Å². The first kappa shape index (κ1) is 27.0. The molecule has 4 rings (SSSR count). The van der Waals surface area contributed by atoms with Crippen molar-refractivity contribution in [3.05, 3.63) is 76.8 Å². The lowest BCUT2D eigenvalue weighted by atomic mass is 10.1. The predicted octanol–water partition coefficient (Wildman–Crippen LogP) is 4.28. The third kappa shape index (κ3) is 7.03. The summed E-state index contributed by atoms with van der Waals surface area (Å²) in [6.07, 6.45) is -5.34. The van der Waals surface area contributed by atoms with Crippen molar-refractivity contribution in [3.63, 3.8) is 0 Å². The van der Waals surface area contributed by atoms with Gasteiger partial charge in [0.05, 0.1) is 17.7 Å². The van der Waals surface area contributed by atoms with Crippen LogP contribution in [0, 0.1) is 0 Å². The predicted molar refractivity (Wildman–Crippen MR) is 133 cm³/mol. The standard InChI is InChI=1S/C25H23ClF3N5O4/c26-17-5-7-18(8-6-17)37-16-11-30-24(36)38-22-10-9-21(31-32-22)33-12-14-34(15-13-33)23(35)19-3-1-2-4-20(19)25(27,28)29/h1-10H,11-16H2,(H,30,36). The van der Waals surface area contributed by atoms with Crippen LogP contribution in [0.5, 0.6) is 11.6 Å². The van der Waals surface area contributed by atoms with Gasteiger partial charge in [0.15, 0.2) is 5.82 Å². The number of halogens is 4. The molecule has 1 saturated heterocycles. The molecule has 13 heteroatoms. The van der Waals surface area contributed by atoms with Gasteiger partial charge < -0.3 is 24.6 Å².